The Bertz CT molecular complexity index is 935. The second kappa shape index (κ2) is 8.84. The monoisotopic (exact) mass is 394 g/mol. The number of carbonyl (C=O) groups excluding carboxylic acids is 3. The molecule has 0 bridgehead atoms. The van der Waals surface area contributed by atoms with E-state index >= 15 is 0 Å². The maximum absolute atomic E-state index is 12.9. The van der Waals surface area contributed by atoms with E-state index in [0.29, 0.717) is 24.4 Å². The summed E-state index contributed by atoms with van der Waals surface area (Å²) in [5.41, 5.74) is -0.280. The van der Waals surface area contributed by atoms with Crippen molar-refractivity contribution in [2.24, 2.45) is 0 Å². The van der Waals surface area contributed by atoms with Crippen LogP contribution in [-0.4, -0.2) is 36.9 Å². The smallest absolute Gasteiger partial charge is 0.307 e. The topological polar surface area (TPSA) is 78.9 Å². The van der Waals surface area contributed by atoms with Gasteiger partial charge in [0.05, 0.1) is 12.2 Å². The van der Waals surface area contributed by atoms with Gasteiger partial charge in [0.1, 0.15) is 12.0 Å². The summed E-state index contributed by atoms with van der Waals surface area (Å²) in [6.07, 6.45) is 8.15. The second-order valence-corrected chi connectivity index (χ2v) is 6.84. The van der Waals surface area contributed by atoms with Crippen molar-refractivity contribution in [3.63, 3.8) is 0 Å². The van der Waals surface area contributed by atoms with Crippen LogP contribution in [0.15, 0.2) is 77.8 Å². The Morgan fingerprint density at radius 1 is 1.17 bits per heavy atom. The lowest BCUT2D eigenvalue weighted by molar-refractivity contribution is -0.168. The first-order chi connectivity index (χ1) is 13.9. The lowest BCUT2D eigenvalue weighted by Gasteiger charge is -2.31. The van der Waals surface area contributed by atoms with E-state index in [1.54, 1.807) is 25.3 Å². The van der Waals surface area contributed by atoms with Crippen LogP contribution in [0.5, 0.6) is 0 Å². The third-order valence-corrected chi connectivity index (χ3v) is 4.68. The Balaban J connectivity index is 1.72. The molecule has 1 heterocycles. The van der Waals surface area contributed by atoms with Crippen LogP contribution in [0, 0.1) is 0 Å². The van der Waals surface area contributed by atoms with Crippen LogP contribution in [0.25, 0.3) is 0 Å². The number of Topliss-reactive ketones (excluding diaryl/α,β-unsaturated/α-hetero) is 1. The van der Waals surface area contributed by atoms with Crippen molar-refractivity contribution in [1.29, 1.82) is 0 Å². The van der Waals surface area contributed by atoms with Crippen LogP contribution in [0.1, 0.15) is 18.9 Å². The molecule has 1 aromatic rings. The molecule has 0 N–H and O–H groups in total. The highest BCUT2D eigenvalue weighted by molar-refractivity contribution is 6.26. The Morgan fingerprint density at radius 3 is 2.66 bits per heavy atom. The molecule has 0 saturated carbocycles. The van der Waals surface area contributed by atoms with Crippen molar-refractivity contribution in [2.75, 3.05) is 13.7 Å². The van der Waals surface area contributed by atoms with E-state index in [-0.39, 0.29) is 12.0 Å². The lowest BCUT2D eigenvalue weighted by atomic mass is 9.80. The highest BCUT2D eigenvalue weighted by Crippen LogP contribution is 2.33. The summed E-state index contributed by atoms with van der Waals surface area (Å²) in [7, 11) is 1.57. The van der Waals surface area contributed by atoms with Crippen LogP contribution in [0.2, 0.25) is 0 Å². The summed E-state index contributed by atoms with van der Waals surface area (Å²) in [4.78, 5) is 37.9. The molecule has 1 aliphatic carbocycles. The summed E-state index contributed by atoms with van der Waals surface area (Å²) >= 11 is 0. The predicted molar refractivity (Wildman–Crippen MR) is 106 cm³/mol. The second-order valence-electron chi connectivity index (χ2n) is 6.84. The van der Waals surface area contributed by atoms with Gasteiger partial charge in [-0.05, 0) is 42.7 Å². The highest BCUT2D eigenvalue weighted by Gasteiger charge is 2.49. The third-order valence-electron chi connectivity index (χ3n) is 4.68. The number of fused-ring (bicyclic) bond motifs is 1. The van der Waals surface area contributed by atoms with Gasteiger partial charge < -0.3 is 14.2 Å². The summed E-state index contributed by atoms with van der Waals surface area (Å²) in [6.45, 7) is 1.73. The van der Waals surface area contributed by atoms with Gasteiger partial charge in [0.25, 0.3) is 0 Å². The zero-order chi connectivity index (χ0) is 20.9. The van der Waals surface area contributed by atoms with Gasteiger partial charge in [-0.1, -0.05) is 36.4 Å². The quantitative estimate of drug-likeness (QED) is 0.523. The van der Waals surface area contributed by atoms with E-state index in [9.17, 15) is 14.4 Å². The molecule has 1 unspecified atom stereocenters. The Morgan fingerprint density at radius 2 is 1.93 bits per heavy atom. The molecule has 1 aliphatic heterocycles. The Hall–Kier alpha value is -3.25. The van der Waals surface area contributed by atoms with Crippen molar-refractivity contribution in [3.05, 3.63) is 83.4 Å². The summed E-state index contributed by atoms with van der Waals surface area (Å²) in [5, 5.41) is 0. The SMILES string of the molecule is COC/C=C/C1=CC2=CC(=O)C(C)(OC(=O)CCc3ccccc3)C(=O)C2=CO1. The van der Waals surface area contributed by atoms with E-state index in [1.165, 1.54) is 19.3 Å². The molecule has 0 amide bonds. The van der Waals surface area contributed by atoms with Gasteiger partial charge in [-0.3, -0.25) is 14.4 Å². The van der Waals surface area contributed by atoms with E-state index in [0.717, 1.165) is 5.56 Å². The predicted octanol–water partition coefficient (Wildman–Crippen LogP) is 3.00. The molecular formula is C23H22O6. The number of aryl methyl sites for hydroxylation is 1. The molecule has 6 nitrogen and oxygen atoms in total. The molecule has 0 saturated heterocycles. The molecule has 29 heavy (non-hydrogen) atoms. The zero-order valence-electron chi connectivity index (χ0n) is 16.3. The molecule has 1 aromatic carbocycles. The van der Waals surface area contributed by atoms with Gasteiger partial charge in [-0.15, -0.1) is 0 Å². The van der Waals surface area contributed by atoms with Crippen molar-refractivity contribution < 1.29 is 28.6 Å². The van der Waals surface area contributed by atoms with Gasteiger partial charge in [0, 0.05) is 13.5 Å². The van der Waals surface area contributed by atoms with Crippen LogP contribution in [0.3, 0.4) is 0 Å². The largest absolute Gasteiger partial charge is 0.464 e. The van der Waals surface area contributed by atoms with Crippen LogP contribution in [0.4, 0.5) is 0 Å². The minimum atomic E-state index is -1.89. The van der Waals surface area contributed by atoms with E-state index in [1.807, 2.05) is 30.3 Å². The van der Waals surface area contributed by atoms with Crippen molar-refractivity contribution in [1.82, 2.24) is 0 Å². The van der Waals surface area contributed by atoms with E-state index in [4.69, 9.17) is 14.2 Å². The fourth-order valence-electron chi connectivity index (χ4n) is 3.03. The first-order valence-electron chi connectivity index (χ1n) is 9.25. The third kappa shape index (κ3) is 4.60. The molecule has 0 spiro atoms. The summed E-state index contributed by atoms with van der Waals surface area (Å²) in [5.74, 6) is -1.29. The average Bonchev–Trinajstić information content (AvgIpc) is 2.72. The maximum atomic E-state index is 12.9. The van der Waals surface area contributed by atoms with Crippen molar-refractivity contribution in [3.8, 4) is 0 Å². The average molecular weight is 394 g/mol. The Labute approximate surface area is 169 Å². The standard InChI is InChI=1S/C23H22O6/c1-23(29-21(25)11-10-16-7-4-3-5-8-16)20(24)14-17-13-18(9-6-12-27-2)28-15-19(17)22(23)26/h3-9,13-15H,10-12H2,1-2H3/b9-6+. The van der Waals surface area contributed by atoms with Crippen molar-refractivity contribution >= 4 is 17.5 Å². The van der Waals surface area contributed by atoms with Gasteiger partial charge in [-0.25, -0.2) is 0 Å². The number of hydrogen-bond acceptors (Lipinski definition) is 6. The van der Waals surface area contributed by atoms with Crippen LogP contribution >= 0.6 is 0 Å². The molecule has 3 rings (SSSR count). The zero-order valence-corrected chi connectivity index (χ0v) is 16.3. The van der Waals surface area contributed by atoms with E-state index in [2.05, 4.69) is 0 Å². The minimum Gasteiger partial charge on any atom is -0.464 e. The first-order valence-corrected chi connectivity index (χ1v) is 9.25. The maximum Gasteiger partial charge on any atom is 0.307 e. The van der Waals surface area contributed by atoms with Crippen LogP contribution < -0.4 is 0 Å². The first kappa shape index (κ1) is 20.5. The van der Waals surface area contributed by atoms with Gasteiger partial charge in [0.15, 0.2) is 0 Å². The number of benzene rings is 1. The fourth-order valence-corrected chi connectivity index (χ4v) is 3.03. The highest BCUT2D eigenvalue weighted by atomic mass is 16.6. The number of carbonyl (C=O) groups is 3. The minimum absolute atomic E-state index is 0.0701. The molecule has 0 radical (unpaired) electrons. The summed E-state index contributed by atoms with van der Waals surface area (Å²) in [6, 6.07) is 9.44. The molecule has 0 fully saturated rings. The van der Waals surface area contributed by atoms with E-state index < -0.39 is 23.1 Å². The molecule has 6 heteroatoms. The number of ether oxygens (including phenoxy) is 3. The molecule has 1 atom stereocenters. The number of methoxy groups -OCH3 is 1. The van der Waals surface area contributed by atoms with Gasteiger partial charge in [-0.2, -0.15) is 0 Å². The number of esters is 1. The van der Waals surface area contributed by atoms with Crippen molar-refractivity contribution in [2.45, 2.75) is 25.4 Å². The molecular weight excluding hydrogens is 372 g/mol. The Kier molecular flexibility index (Phi) is 6.24. The van der Waals surface area contributed by atoms with Gasteiger partial charge >= 0.3 is 5.97 Å². The summed E-state index contributed by atoms with van der Waals surface area (Å²) < 4.78 is 15.7. The number of ketones is 2. The molecule has 2 aliphatic rings. The number of rotatable bonds is 7. The van der Waals surface area contributed by atoms with Crippen LogP contribution in [-0.2, 0) is 35.0 Å². The number of allylic oxidation sites excluding steroid dienone is 3. The lowest BCUT2D eigenvalue weighted by Crippen LogP contribution is -2.50. The van der Waals surface area contributed by atoms with Gasteiger partial charge in [0.2, 0.25) is 17.2 Å². The normalized spacial score (nSPS) is 21.1. The fraction of sp³-hybridized carbons (Fsp3) is 0.261. The number of hydrogen-bond donors (Lipinski definition) is 0. The molecule has 150 valence electrons. The molecule has 0 aromatic heterocycles.